The molecule has 1 amide bonds. The van der Waals surface area contributed by atoms with Gasteiger partial charge in [-0.1, -0.05) is 44.2 Å². The van der Waals surface area contributed by atoms with Crippen LogP contribution in [0.1, 0.15) is 32.8 Å². The second-order valence-electron chi connectivity index (χ2n) is 8.28. The molecule has 4 heteroatoms. The first-order chi connectivity index (χ1) is 12.0. The Balaban J connectivity index is 1.49. The van der Waals surface area contributed by atoms with E-state index in [9.17, 15) is 4.79 Å². The highest BCUT2D eigenvalue weighted by molar-refractivity contribution is 5.78. The van der Waals surface area contributed by atoms with Gasteiger partial charge < -0.3 is 4.90 Å². The lowest BCUT2D eigenvalue weighted by atomic mass is 9.92. The number of piperazine rings is 1. The molecule has 2 saturated heterocycles. The molecule has 0 aromatic heterocycles. The molecule has 3 rings (SSSR count). The van der Waals surface area contributed by atoms with Crippen molar-refractivity contribution in [3.8, 4) is 0 Å². The standard InChI is InChI=1S/C21H33N3O/c1-17-11-18(2)13-24(12-17)21(25)16-23-10-9-22(14-19(23)3)15-20-7-5-4-6-8-20/h4-8,17-19H,9-16H2,1-3H3/t17?,18?,19-/m1/s1. The van der Waals surface area contributed by atoms with Crippen LogP contribution in [0.5, 0.6) is 0 Å². The van der Waals surface area contributed by atoms with Gasteiger partial charge in [-0.15, -0.1) is 0 Å². The minimum absolute atomic E-state index is 0.321. The lowest BCUT2D eigenvalue weighted by Crippen LogP contribution is -2.55. The number of amides is 1. The maximum Gasteiger partial charge on any atom is 0.236 e. The summed E-state index contributed by atoms with van der Waals surface area (Å²) in [6.45, 7) is 13.3. The van der Waals surface area contributed by atoms with Crippen LogP contribution in [0.25, 0.3) is 0 Å². The van der Waals surface area contributed by atoms with E-state index in [2.05, 4.69) is 65.8 Å². The predicted octanol–water partition coefficient (Wildman–Crippen LogP) is 2.70. The second-order valence-corrected chi connectivity index (χ2v) is 8.28. The molecule has 2 heterocycles. The SMILES string of the molecule is CC1CC(C)CN(C(=O)CN2CCN(Cc3ccccc3)C[C@H]2C)C1. The van der Waals surface area contributed by atoms with E-state index in [0.717, 1.165) is 39.3 Å². The van der Waals surface area contributed by atoms with Crippen LogP contribution >= 0.6 is 0 Å². The lowest BCUT2D eigenvalue weighted by Gasteiger charge is -2.41. The number of likely N-dealkylation sites (tertiary alicyclic amines) is 1. The van der Waals surface area contributed by atoms with Crippen molar-refractivity contribution in [3.63, 3.8) is 0 Å². The first kappa shape index (κ1) is 18.4. The fraction of sp³-hybridized carbons (Fsp3) is 0.667. The highest BCUT2D eigenvalue weighted by Gasteiger charge is 2.29. The topological polar surface area (TPSA) is 26.8 Å². The monoisotopic (exact) mass is 343 g/mol. The van der Waals surface area contributed by atoms with Gasteiger partial charge in [0.25, 0.3) is 0 Å². The molecule has 0 radical (unpaired) electrons. The van der Waals surface area contributed by atoms with E-state index >= 15 is 0 Å². The van der Waals surface area contributed by atoms with Gasteiger partial charge in [-0.25, -0.2) is 0 Å². The molecule has 2 unspecified atom stereocenters. The maximum absolute atomic E-state index is 12.7. The van der Waals surface area contributed by atoms with E-state index in [0.29, 0.717) is 30.3 Å². The van der Waals surface area contributed by atoms with E-state index in [-0.39, 0.29) is 0 Å². The fourth-order valence-electron chi connectivity index (χ4n) is 4.43. The summed E-state index contributed by atoms with van der Waals surface area (Å²) in [5.41, 5.74) is 1.37. The molecule has 0 bridgehead atoms. The van der Waals surface area contributed by atoms with Crippen molar-refractivity contribution in [3.05, 3.63) is 35.9 Å². The van der Waals surface area contributed by atoms with Crippen molar-refractivity contribution in [1.29, 1.82) is 0 Å². The summed E-state index contributed by atoms with van der Waals surface area (Å²) in [6.07, 6.45) is 1.25. The van der Waals surface area contributed by atoms with Crippen LogP contribution in [0.15, 0.2) is 30.3 Å². The zero-order valence-corrected chi connectivity index (χ0v) is 16.0. The van der Waals surface area contributed by atoms with Crippen molar-refractivity contribution < 1.29 is 4.79 Å². The Bertz CT molecular complexity index is 552. The smallest absolute Gasteiger partial charge is 0.236 e. The molecule has 3 atom stereocenters. The Morgan fingerprint density at radius 2 is 1.68 bits per heavy atom. The molecule has 1 aromatic carbocycles. The van der Waals surface area contributed by atoms with E-state index in [1.54, 1.807) is 0 Å². The summed E-state index contributed by atoms with van der Waals surface area (Å²) < 4.78 is 0. The minimum atomic E-state index is 0.321. The number of carbonyl (C=O) groups is 1. The molecule has 2 aliphatic heterocycles. The first-order valence-electron chi connectivity index (χ1n) is 9.79. The largest absolute Gasteiger partial charge is 0.341 e. The fourth-order valence-corrected chi connectivity index (χ4v) is 4.43. The number of hydrogen-bond donors (Lipinski definition) is 0. The molecule has 0 saturated carbocycles. The highest BCUT2D eigenvalue weighted by atomic mass is 16.2. The Labute approximate surface area is 152 Å². The summed E-state index contributed by atoms with van der Waals surface area (Å²) in [4.78, 5) is 19.7. The Kier molecular flexibility index (Phi) is 6.13. The normalized spacial score (nSPS) is 28.9. The molecule has 0 N–H and O–H groups in total. The van der Waals surface area contributed by atoms with Gasteiger partial charge in [0.1, 0.15) is 0 Å². The summed E-state index contributed by atoms with van der Waals surface area (Å²) >= 11 is 0. The number of rotatable bonds is 4. The molecule has 4 nitrogen and oxygen atoms in total. The second kappa shape index (κ2) is 8.33. The molecule has 2 fully saturated rings. The first-order valence-corrected chi connectivity index (χ1v) is 9.79. The van der Waals surface area contributed by atoms with E-state index < -0.39 is 0 Å². The van der Waals surface area contributed by atoms with E-state index in [1.165, 1.54) is 12.0 Å². The molecular weight excluding hydrogens is 310 g/mol. The van der Waals surface area contributed by atoms with Crippen molar-refractivity contribution in [2.45, 2.75) is 39.8 Å². The summed E-state index contributed by atoms with van der Waals surface area (Å²) in [6, 6.07) is 11.1. The molecule has 138 valence electrons. The average Bonchev–Trinajstić information content (AvgIpc) is 2.57. The third-order valence-corrected chi connectivity index (χ3v) is 5.66. The number of hydrogen-bond acceptors (Lipinski definition) is 3. The Morgan fingerprint density at radius 1 is 1.00 bits per heavy atom. The van der Waals surface area contributed by atoms with Gasteiger partial charge in [0.05, 0.1) is 6.54 Å². The van der Waals surface area contributed by atoms with Crippen molar-refractivity contribution in [2.75, 3.05) is 39.3 Å². The average molecular weight is 344 g/mol. The third kappa shape index (κ3) is 5.05. The predicted molar refractivity (Wildman–Crippen MR) is 102 cm³/mol. The number of piperidine rings is 1. The van der Waals surface area contributed by atoms with Gasteiger partial charge in [-0.2, -0.15) is 0 Å². The molecule has 25 heavy (non-hydrogen) atoms. The van der Waals surface area contributed by atoms with Crippen molar-refractivity contribution in [2.24, 2.45) is 11.8 Å². The van der Waals surface area contributed by atoms with Crippen molar-refractivity contribution >= 4 is 5.91 Å². The zero-order chi connectivity index (χ0) is 17.8. The van der Waals surface area contributed by atoms with Gasteiger partial charge in [0.2, 0.25) is 5.91 Å². The number of carbonyl (C=O) groups excluding carboxylic acids is 1. The Hall–Kier alpha value is -1.39. The van der Waals surface area contributed by atoms with Gasteiger partial charge >= 0.3 is 0 Å². The van der Waals surface area contributed by atoms with Crippen LogP contribution in [-0.2, 0) is 11.3 Å². The van der Waals surface area contributed by atoms with Crippen LogP contribution in [0, 0.1) is 11.8 Å². The molecule has 1 aromatic rings. The van der Waals surface area contributed by atoms with Gasteiger partial charge in [-0.3, -0.25) is 14.6 Å². The minimum Gasteiger partial charge on any atom is -0.341 e. The summed E-state index contributed by atoms with van der Waals surface area (Å²) in [5.74, 6) is 1.59. The van der Waals surface area contributed by atoms with Gasteiger partial charge in [-0.05, 0) is 30.7 Å². The summed E-state index contributed by atoms with van der Waals surface area (Å²) in [7, 11) is 0. The number of nitrogens with zero attached hydrogens (tertiary/aromatic N) is 3. The highest BCUT2D eigenvalue weighted by Crippen LogP contribution is 2.21. The quantitative estimate of drug-likeness (QED) is 0.841. The zero-order valence-electron chi connectivity index (χ0n) is 16.0. The molecule has 0 aliphatic carbocycles. The Morgan fingerprint density at radius 3 is 2.32 bits per heavy atom. The van der Waals surface area contributed by atoms with Crippen LogP contribution in [-0.4, -0.2) is 65.9 Å². The lowest BCUT2D eigenvalue weighted by molar-refractivity contribution is -0.136. The van der Waals surface area contributed by atoms with Crippen LogP contribution in [0.2, 0.25) is 0 Å². The maximum atomic E-state index is 12.7. The van der Waals surface area contributed by atoms with Gasteiger partial charge in [0.15, 0.2) is 0 Å². The van der Waals surface area contributed by atoms with Crippen LogP contribution < -0.4 is 0 Å². The van der Waals surface area contributed by atoms with Gasteiger partial charge in [0, 0.05) is 45.3 Å². The number of benzene rings is 1. The van der Waals surface area contributed by atoms with E-state index in [1.807, 2.05) is 0 Å². The molecular formula is C21H33N3O. The third-order valence-electron chi connectivity index (χ3n) is 5.66. The summed E-state index contributed by atoms with van der Waals surface area (Å²) in [5, 5.41) is 0. The van der Waals surface area contributed by atoms with Crippen LogP contribution in [0.4, 0.5) is 0 Å². The van der Waals surface area contributed by atoms with E-state index in [4.69, 9.17) is 0 Å². The van der Waals surface area contributed by atoms with Crippen LogP contribution in [0.3, 0.4) is 0 Å². The van der Waals surface area contributed by atoms with Crippen molar-refractivity contribution in [1.82, 2.24) is 14.7 Å². The molecule has 2 aliphatic rings. The molecule has 0 spiro atoms.